The van der Waals surface area contributed by atoms with Crippen LogP contribution in [0.3, 0.4) is 0 Å². The fourth-order valence-electron chi connectivity index (χ4n) is 1.09. The van der Waals surface area contributed by atoms with Gasteiger partial charge in [0.25, 0.3) is 5.91 Å². The summed E-state index contributed by atoms with van der Waals surface area (Å²) in [5.41, 5.74) is 0.165. The summed E-state index contributed by atoms with van der Waals surface area (Å²) in [5.74, 6) is -0.717. The Balaban J connectivity index is 2.41. The van der Waals surface area contributed by atoms with Crippen LogP contribution in [-0.2, 0) is 4.79 Å². The van der Waals surface area contributed by atoms with E-state index in [1.165, 1.54) is 25.4 Å². The van der Waals surface area contributed by atoms with Crippen LogP contribution in [0, 0.1) is 0 Å². The van der Waals surface area contributed by atoms with E-state index in [-0.39, 0.29) is 17.2 Å². The van der Waals surface area contributed by atoms with Crippen molar-refractivity contribution >= 4 is 11.8 Å². The Morgan fingerprint density at radius 3 is 2.69 bits per heavy atom. The van der Waals surface area contributed by atoms with Crippen molar-refractivity contribution in [3.05, 3.63) is 24.0 Å². The Hall–Kier alpha value is -2.11. The van der Waals surface area contributed by atoms with Crippen LogP contribution >= 0.6 is 0 Å². The number of aromatic nitrogens is 1. The third kappa shape index (κ3) is 3.56. The lowest BCUT2D eigenvalue weighted by molar-refractivity contribution is -0.118. The van der Waals surface area contributed by atoms with Crippen molar-refractivity contribution in [1.29, 1.82) is 0 Å². The average molecular weight is 223 g/mol. The van der Waals surface area contributed by atoms with Crippen molar-refractivity contribution in [2.24, 2.45) is 0 Å². The molecule has 1 rings (SSSR count). The van der Waals surface area contributed by atoms with Crippen LogP contribution in [0.2, 0.25) is 0 Å². The molecule has 1 aromatic rings. The van der Waals surface area contributed by atoms with Crippen LogP contribution in [0.5, 0.6) is 5.75 Å². The van der Waals surface area contributed by atoms with Gasteiger partial charge in [-0.2, -0.15) is 0 Å². The molecule has 1 aromatic heterocycles. The quantitative estimate of drug-likeness (QED) is 0.608. The molecule has 0 aliphatic rings. The molecule has 2 amide bonds. The first-order chi connectivity index (χ1) is 7.61. The number of carbonyl (C=O) groups is 2. The van der Waals surface area contributed by atoms with Crippen LogP contribution < -0.4 is 10.6 Å². The summed E-state index contributed by atoms with van der Waals surface area (Å²) >= 11 is 0. The monoisotopic (exact) mass is 223 g/mol. The summed E-state index contributed by atoms with van der Waals surface area (Å²) in [6.45, 7) is 2.06. The highest BCUT2D eigenvalue weighted by atomic mass is 16.3. The molecule has 0 aliphatic heterocycles. The summed E-state index contributed by atoms with van der Waals surface area (Å²) in [5, 5.41) is 14.4. The van der Waals surface area contributed by atoms with E-state index in [1.54, 1.807) is 0 Å². The van der Waals surface area contributed by atoms with E-state index in [4.69, 9.17) is 0 Å². The van der Waals surface area contributed by atoms with Gasteiger partial charge >= 0.3 is 0 Å². The first-order valence-electron chi connectivity index (χ1n) is 4.77. The maximum absolute atomic E-state index is 11.5. The molecule has 0 spiro atoms. The number of pyridine rings is 1. The first-order valence-corrected chi connectivity index (χ1v) is 4.77. The third-order valence-corrected chi connectivity index (χ3v) is 1.83. The second kappa shape index (κ2) is 5.69. The highest BCUT2D eigenvalue weighted by Gasteiger charge is 2.09. The minimum absolute atomic E-state index is 0.152. The number of hydrogen-bond acceptors (Lipinski definition) is 4. The summed E-state index contributed by atoms with van der Waals surface area (Å²) in [6.07, 6.45) is 2.62. The molecule has 6 heteroatoms. The molecule has 0 aromatic carbocycles. The fraction of sp³-hybridized carbons (Fsp3) is 0.300. The van der Waals surface area contributed by atoms with E-state index in [9.17, 15) is 14.7 Å². The van der Waals surface area contributed by atoms with Crippen molar-refractivity contribution in [1.82, 2.24) is 15.6 Å². The molecule has 86 valence electrons. The molecular formula is C10H13N3O3. The number of nitrogens with one attached hydrogen (secondary N) is 2. The predicted molar refractivity (Wildman–Crippen MR) is 56.9 cm³/mol. The van der Waals surface area contributed by atoms with Crippen molar-refractivity contribution in [2.75, 3.05) is 13.1 Å². The van der Waals surface area contributed by atoms with E-state index in [1.807, 2.05) is 0 Å². The van der Waals surface area contributed by atoms with Gasteiger partial charge in [0, 0.05) is 26.2 Å². The summed E-state index contributed by atoms with van der Waals surface area (Å²) < 4.78 is 0. The number of hydrogen-bond donors (Lipinski definition) is 3. The highest BCUT2D eigenvalue weighted by Crippen LogP contribution is 2.12. The second-order valence-electron chi connectivity index (χ2n) is 3.13. The zero-order valence-electron chi connectivity index (χ0n) is 8.86. The van der Waals surface area contributed by atoms with Crippen LogP contribution in [0.15, 0.2) is 18.5 Å². The number of aromatic hydroxyl groups is 1. The van der Waals surface area contributed by atoms with E-state index in [2.05, 4.69) is 15.6 Å². The number of rotatable bonds is 4. The number of carbonyl (C=O) groups excluding carboxylic acids is 2. The molecule has 0 aliphatic carbocycles. The van der Waals surface area contributed by atoms with Gasteiger partial charge in [-0.25, -0.2) is 0 Å². The lowest BCUT2D eigenvalue weighted by atomic mass is 10.2. The molecule has 0 bridgehead atoms. The van der Waals surface area contributed by atoms with Crippen LogP contribution in [-0.4, -0.2) is 35.0 Å². The molecule has 0 saturated carbocycles. The van der Waals surface area contributed by atoms with Crippen molar-refractivity contribution < 1.29 is 14.7 Å². The van der Waals surface area contributed by atoms with Gasteiger partial charge in [0.15, 0.2) is 0 Å². The lowest BCUT2D eigenvalue weighted by Crippen LogP contribution is -2.33. The second-order valence-corrected chi connectivity index (χ2v) is 3.13. The maximum atomic E-state index is 11.5. The summed E-state index contributed by atoms with van der Waals surface area (Å²) in [7, 11) is 0. The molecule has 16 heavy (non-hydrogen) atoms. The molecular weight excluding hydrogens is 210 g/mol. The molecule has 0 atom stereocenters. The van der Waals surface area contributed by atoms with Gasteiger partial charge in [-0.05, 0) is 6.07 Å². The van der Waals surface area contributed by atoms with Gasteiger partial charge in [0.2, 0.25) is 5.91 Å². The predicted octanol–water partition coefficient (Wildman–Crippen LogP) is -0.347. The first kappa shape index (κ1) is 12.0. The minimum atomic E-state index is -0.398. The Morgan fingerprint density at radius 2 is 2.06 bits per heavy atom. The van der Waals surface area contributed by atoms with Gasteiger partial charge in [-0.3, -0.25) is 14.6 Å². The molecule has 0 radical (unpaired) electrons. The molecule has 6 nitrogen and oxygen atoms in total. The number of amides is 2. The van der Waals surface area contributed by atoms with Crippen LogP contribution in [0.4, 0.5) is 0 Å². The van der Waals surface area contributed by atoms with Crippen molar-refractivity contribution in [3.63, 3.8) is 0 Å². The van der Waals surface area contributed by atoms with Gasteiger partial charge < -0.3 is 15.7 Å². The molecule has 1 heterocycles. The maximum Gasteiger partial charge on any atom is 0.255 e. The van der Waals surface area contributed by atoms with Crippen molar-refractivity contribution in [3.8, 4) is 5.75 Å². The van der Waals surface area contributed by atoms with E-state index < -0.39 is 5.91 Å². The zero-order chi connectivity index (χ0) is 12.0. The summed E-state index contributed by atoms with van der Waals surface area (Å²) in [6, 6.07) is 1.42. The fourth-order valence-corrected chi connectivity index (χ4v) is 1.09. The van der Waals surface area contributed by atoms with E-state index in [0.717, 1.165) is 0 Å². The normalized spacial score (nSPS) is 9.56. The van der Waals surface area contributed by atoms with Crippen molar-refractivity contribution in [2.45, 2.75) is 6.92 Å². The van der Waals surface area contributed by atoms with Gasteiger partial charge in [-0.1, -0.05) is 0 Å². The Bertz CT molecular complexity index is 393. The Kier molecular flexibility index (Phi) is 4.26. The van der Waals surface area contributed by atoms with Gasteiger partial charge in [0.05, 0.1) is 11.8 Å². The van der Waals surface area contributed by atoms with E-state index >= 15 is 0 Å². The SMILES string of the molecule is CC(=O)NCCNC(=O)c1ccncc1O. The molecule has 0 fully saturated rings. The van der Waals surface area contributed by atoms with E-state index in [0.29, 0.717) is 13.1 Å². The minimum Gasteiger partial charge on any atom is -0.505 e. The molecule has 3 N–H and O–H groups in total. The lowest BCUT2D eigenvalue weighted by Gasteiger charge is -2.06. The van der Waals surface area contributed by atoms with Crippen LogP contribution in [0.1, 0.15) is 17.3 Å². The smallest absolute Gasteiger partial charge is 0.255 e. The van der Waals surface area contributed by atoms with Crippen LogP contribution in [0.25, 0.3) is 0 Å². The molecule has 0 unspecified atom stereocenters. The third-order valence-electron chi connectivity index (χ3n) is 1.83. The topological polar surface area (TPSA) is 91.3 Å². The Labute approximate surface area is 92.7 Å². The number of nitrogens with zero attached hydrogens (tertiary/aromatic N) is 1. The van der Waals surface area contributed by atoms with Gasteiger partial charge in [0.1, 0.15) is 5.75 Å². The standard InChI is InChI=1S/C10H13N3O3/c1-7(14)12-4-5-13-10(16)8-2-3-11-6-9(8)15/h2-3,6,15H,4-5H2,1H3,(H,12,14)(H,13,16). The van der Waals surface area contributed by atoms with Gasteiger partial charge in [-0.15, -0.1) is 0 Å². The summed E-state index contributed by atoms with van der Waals surface area (Å²) in [4.78, 5) is 25.7. The zero-order valence-corrected chi connectivity index (χ0v) is 8.86. The Morgan fingerprint density at radius 1 is 1.38 bits per heavy atom. The largest absolute Gasteiger partial charge is 0.505 e. The average Bonchev–Trinajstić information content (AvgIpc) is 2.24. The molecule has 0 saturated heterocycles. The highest BCUT2D eigenvalue weighted by molar-refractivity contribution is 5.96.